The summed E-state index contributed by atoms with van der Waals surface area (Å²) in [5.74, 6) is 0.719. The van der Waals surface area contributed by atoms with Crippen molar-refractivity contribution in [1.29, 1.82) is 0 Å². The molecule has 0 unspecified atom stereocenters. The van der Waals surface area contributed by atoms with Gasteiger partial charge in [0.2, 0.25) is 5.12 Å². The zero-order chi connectivity index (χ0) is 8.81. The van der Waals surface area contributed by atoms with E-state index in [2.05, 4.69) is 0 Å². The number of carbonyl (C=O) groups excluding carboxylic acids is 1. The number of carbonyl (C=O) groups is 1. The highest BCUT2D eigenvalue weighted by molar-refractivity contribution is 8.13. The van der Waals surface area contributed by atoms with Gasteiger partial charge in [0, 0.05) is 5.75 Å². The van der Waals surface area contributed by atoms with Crippen molar-refractivity contribution in [2.75, 3.05) is 6.54 Å². The van der Waals surface area contributed by atoms with Crippen molar-refractivity contribution < 1.29 is 4.79 Å². The van der Waals surface area contributed by atoms with Crippen molar-refractivity contribution >= 4 is 29.3 Å². The summed E-state index contributed by atoms with van der Waals surface area (Å²) in [7, 11) is 0. The Bertz CT molecular complexity index is 253. The molecule has 0 amide bonds. The largest absolute Gasteiger partial charge is 0.323 e. The van der Waals surface area contributed by atoms with Crippen molar-refractivity contribution in [3.63, 3.8) is 0 Å². The summed E-state index contributed by atoms with van der Waals surface area (Å²) in [5.41, 5.74) is 6.32. The minimum Gasteiger partial charge on any atom is -0.323 e. The molecule has 0 bridgehead atoms. The lowest BCUT2D eigenvalue weighted by atomic mass is 10.2. The molecule has 0 saturated carbocycles. The van der Waals surface area contributed by atoms with Crippen LogP contribution in [-0.4, -0.2) is 11.7 Å². The minimum absolute atomic E-state index is 0. The summed E-state index contributed by atoms with van der Waals surface area (Å²) in [6.45, 7) is 0.123. The van der Waals surface area contributed by atoms with Gasteiger partial charge in [-0.15, -0.1) is 12.4 Å². The Morgan fingerprint density at radius 1 is 1.31 bits per heavy atom. The predicted octanol–water partition coefficient (Wildman–Crippen LogP) is 1.83. The first kappa shape index (κ1) is 12.5. The normalized spacial score (nSPS) is 9.00. The number of rotatable bonds is 3. The molecule has 0 spiro atoms. The summed E-state index contributed by atoms with van der Waals surface area (Å²) >= 11 is 1.27. The smallest absolute Gasteiger partial charge is 0.202 e. The summed E-state index contributed by atoms with van der Waals surface area (Å²) in [6, 6.07) is 9.87. The van der Waals surface area contributed by atoms with E-state index in [1.54, 1.807) is 0 Å². The lowest BCUT2D eigenvalue weighted by Gasteiger charge is -1.97. The SMILES string of the molecule is Cl.NCC(=O)SCc1ccccc1. The zero-order valence-corrected chi connectivity index (χ0v) is 8.74. The molecule has 4 heteroatoms. The highest BCUT2D eigenvalue weighted by atomic mass is 35.5. The fraction of sp³-hybridized carbons (Fsp3) is 0.222. The van der Waals surface area contributed by atoms with Gasteiger partial charge in [-0.3, -0.25) is 4.79 Å². The highest BCUT2D eigenvalue weighted by Crippen LogP contribution is 2.11. The highest BCUT2D eigenvalue weighted by Gasteiger charge is 1.98. The van der Waals surface area contributed by atoms with E-state index < -0.39 is 0 Å². The molecule has 1 aromatic carbocycles. The van der Waals surface area contributed by atoms with E-state index in [-0.39, 0.29) is 24.1 Å². The molecule has 2 N–H and O–H groups in total. The molecule has 1 aromatic rings. The average Bonchev–Trinajstić information content (AvgIpc) is 2.16. The maximum absolute atomic E-state index is 10.8. The Hall–Kier alpha value is -0.510. The maximum Gasteiger partial charge on any atom is 0.202 e. The van der Waals surface area contributed by atoms with Crippen LogP contribution in [0.4, 0.5) is 0 Å². The molecule has 13 heavy (non-hydrogen) atoms. The summed E-state index contributed by atoms with van der Waals surface area (Å²) in [5, 5.41) is 0.0406. The van der Waals surface area contributed by atoms with Crippen LogP contribution in [0, 0.1) is 0 Å². The lowest BCUT2D eigenvalue weighted by Crippen LogP contribution is -2.09. The van der Waals surface area contributed by atoms with Crippen LogP contribution in [0.3, 0.4) is 0 Å². The van der Waals surface area contributed by atoms with Crippen LogP contribution in [0.15, 0.2) is 30.3 Å². The topological polar surface area (TPSA) is 43.1 Å². The van der Waals surface area contributed by atoms with Crippen LogP contribution in [0.5, 0.6) is 0 Å². The number of benzene rings is 1. The van der Waals surface area contributed by atoms with E-state index in [4.69, 9.17) is 5.73 Å². The van der Waals surface area contributed by atoms with E-state index in [1.165, 1.54) is 11.8 Å². The molecule has 1 rings (SSSR count). The second-order valence-corrected chi connectivity index (χ2v) is 3.38. The van der Waals surface area contributed by atoms with Crippen molar-refractivity contribution in [1.82, 2.24) is 0 Å². The van der Waals surface area contributed by atoms with Crippen LogP contribution in [0.1, 0.15) is 5.56 Å². The van der Waals surface area contributed by atoms with Crippen molar-refractivity contribution in [3.8, 4) is 0 Å². The van der Waals surface area contributed by atoms with Crippen LogP contribution < -0.4 is 5.73 Å². The molecule has 2 nitrogen and oxygen atoms in total. The van der Waals surface area contributed by atoms with Gasteiger partial charge in [-0.05, 0) is 5.56 Å². The van der Waals surface area contributed by atoms with E-state index in [9.17, 15) is 4.79 Å². The Morgan fingerprint density at radius 3 is 2.46 bits per heavy atom. The predicted molar refractivity (Wildman–Crippen MR) is 59.0 cm³/mol. The third-order valence-electron chi connectivity index (χ3n) is 1.41. The molecule has 0 heterocycles. The summed E-state index contributed by atoms with van der Waals surface area (Å²) in [4.78, 5) is 10.8. The van der Waals surface area contributed by atoms with Gasteiger partial charge in [0.05, 0.1) is 6.54 Å². The van der Waals surface area contributed by atoms with Crippen molar-refractivity contribution in [3.05, 3.63) is 35.9 Å². The number of hydrogen-bond acceptors (Lipinski definition) is 3. The zero-order valence-electron chi connectivity index (χ0n) is 7.10. The number of hydrogen-bond donors (Lipinski definition) is 1. The Morgan fingerprint density at radius 2 is 1.92 bits per heavy atom. The standard InChI is InChI=1S/C9H11NOS.ClH/c10-6-9(11)12-7-8-4-2-1-3-5-8;/h1-5H,6-7,10H2;1H. The Balaban J connectivity index is 0.00000144. The monoisotopic (exact) mass is 217 g/mol. The van der Waals surface area contributed by atoms with E-state index in [0.29, 0.717) is 0 Å². The molecule has 0 aliphatic rings. The molecule has 72 valence electrons. The first-order valence-corrected chi connectivity index (χ1v) is 4.71. The number of halogens is 1. The molecular formula is C9H12ClNOS. The van der Waals surface area contributed by atoms with Crippen LogP contribution in [-0.2, 0) is 10.5 Å². The maximum atomic E-state index is 10.8. The van der Waals surface area contributed by atoms with Gasteiger partial charge in [0.25, 0.3) is 0 Å². The van der Waals surface area contributed by atoms with Gasteiger partial charge in [-0.25, -0.2) is 0 Å². The van der Waals surface area contributed by atoms with Gasteiger partial charge in [0.15, 0.2) is 0 Å². The minimum atomic E-state index is 0. The molecule has 0 fully saturated rings. The van der Waals surface area contributed by atoms with Gasteiger partial charge in [-0.2, -0.15) is 0 Å². The summed E-state index contributed by atoms with van der Waals surface area (Å²) < 4.78 is 0. The van der Waals surface area contributed by atoms with Crippen LogP contribution in [0.25, 0.3) is 0 Å². The second kappa shape index (κ2) is 6.95. The van der Waals surface area contributed by atoms with Crippen molar-refractivity contribution in [2.45, 2.75) is 5.75 Å². The van der Waals surface area contributed by atoms with E-state index in [0.717, 1.165) is 11.3 Å². The molecule has 0 radical (unpaired) electrons. The number of thioether (sulfide) groups is 1. The molecule has 0 saturated heterocycles. The molecule has 0 atom stereocenters. The second-order valence-electron chi connectivity index (χ2n) is 2.35. The summed E-state index contributed by atoms with van der Waals surface area (Å²) in [6.07, 6.45) is 0. The molecular weight excluding hydrogens is 206 g/mol. The van der Waals surface area contributed by atoms with Crippen molar-refractivity contribution in [2.24, 2.45) is 5.73 Å². The molecule has 0 aromatic heterocycles. The fourth-order valence-corrected chi connectivity index (χ4v) is 1.43. The van der Waals surface area contributed by atoms with Gasteiger partial charge in [0.1, 0.15) is 0 Å². The Kier molecular flexibility index (Phi) is 6.68. The Labute approximate surface area is 88.3 Å². The molecule has 0 aliphatic heterocycles. The van der Waals surface area contributed by atoms with Gasteiger partial charge >= 0.3 is 0 Å². The van der Waals surface area contributed by atoms with Crippen LogP contribution >= 0.6 is 24.2 Å². The first-order valence-electron chi connectivity index (χ1n) is 3.72. The fourth-order valence-electron chi connectivity index (χ4n) is 0.797. The van der Waals surface area contributed by atoms with E-state index >= 15 is 0 Å². The van der Waals surface area contributed by atoms with Gasteiger partial charge in [-0.1, -0.05) is 42.1 Å². The van der Waals surface area contributed by atoms with Gasteiger partial charge < -0.3 is 5.73 Å². The lowest BCUT2D eigenvalue weighted by molar-refractivity contribution is -0.109. The first-order chi connectivity index (χ1) is 5.83. The number of nitrogens with two attached hydrogens (primary N) is 1. The van der Waals surface area contributed by atoms with Crippen LogP contribution in [0.2, 0.25) is 0 Å². The third kappa shape index (κ3) is 4.93. The average molecular weight is 218 g/mol. The third-order valence-corrected chi connectivity index (χ3v) is 2.38. The van der Waals surface area contributed by atoms with E-state index in [1.807, 2.05) is 30.3 Å². The quantitative estimate of drug-likeness (QED) is 0.840. The molecule has 0 aliphatic carbocycles.